The fourth-order valence-electron chi connectivity index (χ4n) is 4.68. The molecule has 0 atom stereocenters. The first-order valence-electron chi connectivity index (χ1n) is 12.6. The molecule has 4 aromatic rings. The molecule has 0 aliphatic carbocycles. The lowest BCUT2D eigenvalue weighted by Crippen LogP contribution is -2.08. The molecule has 0 fully saturated rings. The van der Waals surface area contributed by atoms with Gasteiger partial charge < -0.3 is 19.7 Å². The van der Waals surface area contributed by atoms with E-state index in [1.54, 1.807) is 0 Å². The van der Waals surface area contributed by atoms with Gasteiger partial charge in [-0.3, -0.25) is 0 Å². The Morgan fingerprint density at radius 3 is 1.11 bits per heavy atom. The van der Waals surface area contributed by atoms with Gasteiger partial charge in [0.05, 0.1) is 13.2 Å². The van der Waals surface area contributed by atoms with Gasteiger partial charge in [0, 0.05) is 11.8 Å². The van der Waals surface area contributed by atoms with Gasteiger partial charge in [-0.25, -0.2) is 0 Å². The third-order valence-electron chi connectivity index (χ3n) is 6.43. The Bertz CT molecular complexity index is 1050. The van der Waals surface area contributed by atoms with Crippen molar-refractivity contribution in [3.8, 4) is 11.5 Å². The van der Waals surface area contributed by atoms with Crippen molar-refractivity contribution >= 4 is 0 Å². The molecule has 2 N–H and O–H groups in total. The van der Waals surface area contributed by atoms with E-state index in [4.69, 9.17) is 19.7 Å². The quantitative estimate of drug-likeness (QED) is 0.239. The van der Waals surface area contributed by atoms with Crippen molar-refractivity contribution in [3.05, 3.63) is 131 Å². The standard InChI is InChI=1S/C32H34O4/c33-21-23-35-29-15-11-27(12-16-29)32(28-13-17-30(18-14-28)36-24-22-34)20-19-31(25-7-3-1-4-8-25)26-9-5-2-6-10-26/h1-18,31-34H,19-24H2. The summed E-state index contributed by atoms with van der Waals surface area (Å²) in [5, 5.41) is 18.1. The average Bonchev–Trinajstić information content (AvgIpc) is 2.95. The highest BCUT2D eigenvalue weighted by Gasteiger charge is 2.20. The Labute approximate surface area is 213 Å². The summed E-state index contributed by atoms with van der Waals surface area (Å²) >= 11 is 0. The second-order valence-electron chi connectivity index (χ2n) is 8.79. The Morgan fingerprint density at radius 1 is 0.444 bits per heavy atom. The Kier molecular flexibility index (Phi) is 9.54. The van der Waals surface area contributed by atoms with Gasteiger partial charge in [0.2, 0.25) is 0 Å². The Hall–Kier alpha value is -3.60. The molecule has 36 heavy (non-hydrogen) atoms. The monoisotopic (exact) mass is 482 g/mol. The number of aliphatic hydroxyl groups is 2. The van der Waals surface area contributed by atoms with Crippen molar-refractivity contribution in [2.45, 2.75) is 24.7 Å². The topological polar surface area (TPSA) is 58.9 Å². The predicted molar refractivity (Wildman–Crippen MR) is 144 cm³/mol. The van der Waals surface area contributed by atoms with Gasteiger partial charge in [0.1, 0.15) is 24.7 Å². The number of hydrogen-bond donors (Lipinski definition) is 2. The number of rotatable bonds is 13. The maximum Gasteiger partial charge on any atom is 0.119 e. The molecule has 0 spiro atoms. The number of benzene rings is 4. The van der Waals surface area contributed by atoms with Crippen LogP contribution in [0.5, 0.6) is 11.5 Å². The normalized spacial score (nSPS) is 11.1. The molecule has 4 heteroatoms. The van der Waals surface area contributed by atoms with E-state index in [2.05, 4.69) is 84.9 Å². The molecule has 0 aliphatic rings. The van der Waals surface area contributed by atoms with E-state index in [0.717, 1.165) is 24.3 Å². The minimum absolute atomic E-state index is 0.00453. The van der Waals surface area contributed by atoms with E-state index >= 15 is 0 Å². The molecule has 4 rings (SSSR count). The zero-order valence-electron chi connectivity index (χ0n) is 20.5. The zero-order chi connectivity index (χ0) is 25.0. The van der Waals surface area contributed by atoms with Crippen LogP contribution in [0, 0.1) is 0 Å². The van der Waals surface area contributed by atoms with Gasteiger partial charge in [0.25, 0.3) is 0 Å². The van der Waals surface area contributed by atoms with Gasteiger partial charge in [-0.2, -0.15) is 0 Å². The Morgan fingerprint density at radius 2 is 0.778 bits per heavy atom. The second-order valence-corrected chi connectivity index (χ2v) is 8.79. The predicted octanol–water partition coefficient (Wildman–Crippen LogP) is 6.17. The molecule has 4 aromatic carbocycles. The van der Waals surface area contributed by atoms with E-state index in [1.807, 2.05) is 24.3 Å². The molecule has 0 saturated heterocycles. The van der Waals surface area contributed by atoms with Crippen LogP contribution in [-0.4, -0.2) is 36.6 Å². The van der Waals surface area contributed by atoms with Crippen LogP contribution < -0.4 is 9.47 Å². The van der Waals surface area contributed by atoms with Crippen LogP contribution in [0.1, 0.15) is 46.9 Å². The first kappa shape index (κ1) is 25.5. The third-order valence-corrected chi connectivity index (χ3v) is 6.43. The zero-order valence-corrected chi connectivity index (χ0v) is 20.5. The summed E-state index contributed by atoms with van der Waals surface area (Å²) in [6, 6.07) is 37.8. The smallest absolute Gasteiger partial charge is 0.119 e. The summed E-state index contributed by atoms with van der Waals surface area (Å²) in [6.07, 6.45) is 1.95. The molecule has 0 aromatic heterocycles. The average molecular weight is 483 g/mol. The first-order chi connectivity index (χ1) is 17.8. The van der Waals surface area contributed by atoms with E-state index in [0.29, 0.717) is 5.92 Å². The van der Waals surface area contributed by atoms with E-state index in [9.17, 15) is 0 Å². The van der Waals surface area contributed by atoms with Gasteiger partial charge in [-0.15, -0.1) is 0 Å². The van der Waals surface area contributed by atoms with Crippen LogP contribution in [-0.2, 0) is 0 Å². The van der Waals surface area contributed by atoms with Crippen molar-refractivity contribution in [1.82, 2.24) is 0 Å². The van der Waals surface area contributed by atoms with Crippen molar-refractivity contribution in [3.63, 3.8) is 0 Å². The molecule has 0 aliphatic heterocycles. The molecular weight excluding hydrogens is 448 g/mol. The fourth-order valence-corrected chi connectivity index (χ4v) is 4.68. The molecular formula is C32H34O4. The molecule has 0 heterocycles. The van der Waals surface area contributed by atoms with Gasteiger partial charge >= 0.3 is 0 Å². The van der Waals surface area contributed by atoms with Crippen LogP contribution in [0.2, 0.25) is 0 Å². The highest BCUT2D eigenvalue weighted by Crippen LogP contribution is 2.37. The van der Waals surface area contributed by atoms with Gasteiger partial charge in [0.15, 0.2) is 0 Å². The van der Waals surface area contributed by atoms with E-state index in [1.165, 1.54) is 22.3 Å². The molecule has 0 saturated carbocycles. The minimum atomic E-state index is -0.00453. The molecule has 0 bridgehead atoms. The summed E-state index contributed by atoms with van der Waals surface area (Å²) in [4.78, 5) is 0. The van der Waals surface area contributed by atoms with E-state index in [-0.39, 0.29) is 32.3 Å². The van der Waals surface area contributed by atoms with Crippen molar-refractivity contribution < 1.29 is 19.7 Å². The minimum Gasteiger partial charge on any atom is -0.491 e. The van der Waals surface area contributed by atoms with Crippen LogP contribution in [0.25, 0.3) is 0 Å². The molecule has 186 valence electrons. The van der Waals surface area contributed by atoms with Crippen LogP contribution in [0.4, 0.5) is 0 Å². The summed E-state index contributed by atoms with van der Waals surface area (Å²) < 4.78 is 11.2. The van der Waals surface area contributed by atoms with Crippen LogP contribution >= 0.6 is 0 Å². The van der Waals surface area contributed by atoms with E-state index < -0.39 is 0 Å². The maximum atomic E-state index is 9.06. The largest absolute Gasteiger partial charge is 0.491 e. The van der Waals surface area contributed by atoms with Crippen molar-refractivity contribution in [2.75, 3.05) is 26.4 Å². The fraction of sp³-hybridized carbons (Fsp3) is 0.250. The second kappa shape index (κ2) is 13.5. The molecule has 0 radical (unpaired) electrons. The highest BCUT2D eigenvalue weighted by molar-refractivity contribution is 5.39. The van der Waals surface area contributed by atoms with Crippen molar-refractivity contribution in [2.24, 2.45) is 0 Å². The maximum absolute atomic E-state index is 9.06. The lowest BCUT2D eigenvalue weighted by molar-refractivity contribution is 0.201. The lowest BCUT2D eigenvalue weighted by Gasteiger charge is -2.24. The molecule has 0 unspecified atom stereocenters. The summed E-state index contributed by atoms with van der Waals surface area (Å²) in [5.41, 5.74) is 5.08. The first-order valence-corrected chi connectivity index (χ1v) is 12.6. The SMILES string of the molecule is OCCOc1ccc(C(CCC(c2ccccc2)c2ccccc2)c2ccc(OCCO)cc2)cc1. The summed E-state index contributed by atoms with van der Waals surface area (Å²) in [7, 11) is 0. The summed E-state index contributed by atoms with van der Waals surface area (Å²) in [5.74, 6) is 2.00. The highest BCUT2D eigenvalue weighted by atomic mass is 16.5. The third kappa shape index (κ3) is 6.97. The van der Waals surface area contributed by atoms with Crippen molar-refractivity contribution in [1.29, 1.82) is 0 Å². The van der Waals surface area contributed by atoms with Gasteiger partial charge in [-0.1, -0.05) is 84.9 Å². The Balaban J connectivity index is 1.61. The number of hydrogen-bond acceptors (Lipinski definition) is 4. The number of ether oxygens (including phenoxy) is 2. The van der Waals surface area contributed by atoms with Crippen LogP contribution in [0.15, 0.2) is 109 Å². The molecule has 4 nitrogen and oxygen atoms in total. The number of aliphatic hydroxyl groups excluding tert-OH is 2. The van der Waals surface area contributed by atoms with Gasteiger partial charge in [-0.05, 0) is 59.4 Å². The lowest BCUT2D eigenvalue weighted by atomic mass is 9.81. The summed E-state index contributed by atoms with van der Waals surface area (Å²) in [6.45, 7) is 0.562. The molecule has 0 amide bonds. The van der Waals surface area contributed by atoms with Crippen LogP contribution in [0.3, 0.4) is 0 Å².